The first-order valence-corrected chi connectivity index (χ1v) is 11.7. The molecule has 1 fully saturated rings. The summed E-state index contributed by atoms with van der Waals surface area (Å²) < 4.78 is 20.3. The van der Waals surface area contributed by atoms with Gasteiger partial charge in [-0.05, 0) is 43.2 Å². The van der Waals surface area contributed by atoms with Crippen LogP contribution in [0.4, 0.5) is 20.6 Å². The molecule has 2 aromatic carbocycles. The number of carbonyl (C=O) groups is 2. The van der Waals surface area contributed by atoms with Crippen molar-refractivity contribution in [3.8, 4) is 0 Å². The highest BCUT2D eigenvalue weighted by Crippen LogP contribution is 2.25. The molecule has 2 aromatic rings. The van der Waals surface area contributed by atoms with Crippen LogP contribution in [0.25, 0.3) is 0 Å². The Morgan fingerprint density at radius 2 is 1.88 bits per heavy atom. The van der Waals surface area contributed by atoms with Crippen molar-refractivity contribution in [1.82, 2.24) is 10.2 Å². The Balaban J connectivity index is 1.33. The van der Waals surface area contributed by atoms with Crippen LogP contribution in [0.5, 0.6) is 0 Å². The minimum atomic E-state index is -0.499. The summed E-state index contributed by atoms with van der Waals surface area (Å²) in [7, 11) is 0. The summed E-state index contributed by atoms with van der Waals surface area (Å²) in [5.74, 6) is 0.0401. The van der Waals surface area contributed by atoms with Crippen LogP contribution in [0, 0.1) is 5.82 Å². The first-order chi connectivity index (χ1) is 16.5. The summed E-state index contributed by atoms with van der Waals surface area (Å²) in [6.07, 6.45) is 0.400. The Bertz CT molecular complexity index is 1050. The first-order valence-electron chi connectivity index (χ1n) is 11.7. The van der Waals surface area contributed by atoms with Crippen LogP contribution >= 0.6 is 0 Å². The van der Waals surface area contributed by atoms with E-state index in [9.17, 15) is 9.59 Å². The highest BCUT2D eigenvalue weighted by Gasteiger charge is 2.25. The lowest BCUT2D eigenvalue weighted by molar-refractivity contribution is 0.0978. The molecule has 2 aliphatic rings. The molecule has 0 spiro atoms. The van der Waals surface area contributed by atoms with E-state index in [0.29, 0.717) is 44.9 Å². The number of ketones is 1. The number of guanidine groups is 1. The number of halogens is 1. The quantitative estimate of drug-likeness (QED) is 0.608. The van der Waals surface area contributed by atoms with Crippen LogP contribution in [-0.4, -0.2) is 68.6 Å². The molecule has 0 saturated carbocycles. The van der Waals surface area contributed by atoms with Crippen molar-refractivity contribution in [1.29, 1.82) is 0 Å². The van der Waals surface area contributed by atoms with E-state index in [0.717, 1.165) is 30.3 Å². The fraction of sp³-hybridized carbons (Fsp3) is 0.400. The zero-order valence-electron chi connectivity index (χ0n) is 19.3. The number of carbonyl (C=O) groups excluding carboxylic acids is 2. The van der Waals surface area contributed by atoms with Gasteiger partial charge in [0.05, 0.1) is 24.4 Å². The van der Waals surface area contributed by atoms with Crippen LogP contribution in [0.1, 0.15) is 29.3 Å². The lowest BCUT2D eigenvalue weighted by Gasteiger charge is -2.35. The lowest BCUT2D eigenvalue weighted by atomic mass is 10.0. The van der Waals surface area contributed by atoms with Crippen molar-refractivity contribution in [3.05, 3.63) is 59.4 Å². The molecule has 0 bridgehead atoms. The van der Waals surface area contributed by atoms with Gasteiger partial charge < -0.3 is 25.2 Å². The number of ether oxygens (including phenoxy) is 1. The van der Waals surface area contributed by atoms with Crippen molar-refractivity contribution in [3.63, 3.8) is 0 Å². The highest BCUT2D eigenvalue weighted by molar-refractivity contribution is 5.97. The monoisotopic (exact) mass is 467 g/mol. The second-order valence-corrected chi connectivity index (χ2v) is 8.21. The third kappa shape index (κ3) is 5.65. The van der Waals surface area contributed by atoms with Crippen LogP contribution in [0.15, 0.2) is 47.5 Å². The molecule has 4 rings (SSSR count). The molecule has 0 atom stereocenters. The number of Topliss-reactive ketones (excluding diaryl/α,β-unsaturated/α-hetero) is 1. The predicted molar refractivity (Wildman–Crippen MR) is 130 cm³/mol. The summed E-state index contributed by atoms with van der Waals surface area (Å²) in [5.41, 5.74) is 2.43. The van der Waals surface area contributed by atoms with Gasteiger partial charge in [0.15, 0.2) is 17.6 Å². The number of benzene rings is 2. The molecule has 180 valence electrons. The number of aliphatic imine (C=N–C) groups is 1. The molecule has 2 N–H and O–H groups in total. The smallest absolute Gasteiger partial charge is 0.409 e. The molecule has 8 nitrogen and oxygen atoms in total. The third-order valence-electron chi connectivity index (χ3n) is 5.96. The van der Waals surface area contributed by atoms with Crippen LogP contribution in [0.2, 0.25) is 0 Å². The molecule has 0 aromatic heterocycles. The fourth-order valence-corrected chi connectivity index (χ4v) is 4.09. The number of anilines is 2. The molecule has 9 heteroatoms. The molecule has 0 radical (unpaired) electrons. The summed E-state index contributed by atoms with van der Waals surface area (Å²) >= 11 is 0. The van der Waals surface area contributed by atoms with E-state index >= 15 is 4.39 Å². The first kappa shape index (κ1) is 23.5. The molecule has 34 heavy (non-hydrogen) atoms. The zero-order chi connectivity index (χ0) is 23.9. The maximum atomic E-state index is 15.3. The second kappa shape index (κ2) is 11.0. The molecule has 1 amide bonds. The Labute approximate surface area is 198 Å². The average Bonchev–Trinajstić information content (AvgIpc) is 3.37. The molecule has 0 unspecified atom stereocenters. The minimum Gasteiger partial charge on any atom is -0.450 e. The van der Waals surface area contributed by atoms with E-state index in [4.69, 9.17) is 4.74 Å². The van der Waals surface area contributed by atoms with Crippen molar-refractivity contribution in [2.75, 3.05) is 56.1 Å². The summed E-state index contributed by atoms with van der Waals surface area (Å²) in [5, 5.41) is 6.36. The molecular formula is C25H30FN5O3. The van der Waals surface area contributed by atoms with Crippen LogP contribution < -0.4 is 15.5 Å². The van der Waals surface area contributed by atoms with Gasteiger partial charge in [-0.1, -0.05) is 18.2 Å². The van der Waals surface area contributed by atoms with E-state index < -0.39 is 5.82 Å². The van der Waals surface area contributed by atoms with E-state index in [1.165, 1.54) is 0 Å². The standard InChI is InChI=1S/C25H30FN5O3/c1-2-34-25(33)31-16-14-30(15-17-31)21-5-3-4-20(23(21)26)22(32)11-8-18-6-9-19(10-7-18)29-24-27-12-13-28-24/h3-7,9-10H,2,8,11-17H2,1H3,(H2,27,28,29). The number of nitrogens with zero attached hydrogens (tertiary/aromatic N) is 3. The van der Waals surface area contributed by atoms with Crippen LogP contribution in [0.3, 0.4) is 0 Å². The highest BCUT2D eigenvalue weighted by atomic mass is 19.1. The summed E-state index contributed by atoms with van der Waals surface area (Å²) in [4.78, 5) is 32.5. The molecular weight excluding hydrogens is 437 g/mol. The van der Waals surface area contributed by atoms with Gasteiger partial charge in [-0.3, -0.25) is 9.79 Å². The SMILES string of the molecule is CCOC(=O)N1CCN(c2cccc(C(=O)CCc3ccc(NC4=NCCN4)cc3)c2F)CC1. The fourth-order valence-electron chi connectivity index (χ4n) is 4.09. The van der Waals surface area contributed by atoms with E-state index in [1.807, 2.05) is 29.2 Å². The third-order valence-corrected chi connectivity index (χ3v) is 5.96. The Morgan fingerprint density at radius 1 is 1.12 bits per heavy atom. The number of hydrogen-bond acceptors (Lipinski definition) is 7. The summed E-state index contributed by atoms with van der Waals surface area (Å²) in [6, 6.07) is 12.7. The number of amides is 1. The van der Waals surface area contributed by atoms with Crippen molar-refractivity contribution in [2.45, 2.75) is 19.8 Å². The molecule has 2 heterocycles. The van der Waals surface area contributed by atoms with Crippen molar-refractivity contribution >= 4 is 29.2 Å². The number of nitrogens with one attached hydrogen (secondary N) is 2. The number of piperazine rings is 1. The maximum absolute atomic E-state index is 15.3. The topological polar surface area (TPSA) is 86.3 Å². The Morgan fingerprint density at radius 3 is 2.56 bits per heavy atom. The molecule has 0 aliphatic carbocycles. The van der Waals surface area contributed by atoms with Gasteiger partial charge in [0.2, 0.25) is 0 Å². The normalized spacial score (nSPS) is 15.5. The van der Waals surface area contributed by atoms with Gasteiger partial charge >= 0.3 is 6.09 Å². The molecule has 1 saturated heterocycles. The number of rotatable bonds is 7. The average molecular weight is 468 g/mol. The van der Waals surface area contributed by atoms with Gasteiger partial charge in [0.1, 0.15) is 0 Å². The van der Waals surface area contributed by atoms with Gasteiger partial charge in [0, 0.05) is 44.8 Å². The lowest BCUT2D eigenvalue weighted by Crippen LogP contribution is -2.49. The predicted octanol–water partition coefficient (Wildman–Crippen LogP) is 3.29. The Kier molecular flexibility index (Phi) is 7.61. The second-order valence-electron chi connectivity index (χ2n) is 8.21. The van der Waals surface area contributed by atoms with Crippen LogP contribution in [-0.2, 0) is 11.2 Å². The van der Waals surface area contributed by atoms with E-state index in [-0.39, 0.29) is 23.9 Å². The molecule has 2 aliphatic heterocycles. The largest absolute Gasteiger partial charge is 0.450 e. The maximum Gasteiger partial charge on any atom is 0.409 e. The van der Waals surface area contributed by atoms with E-state index in [2.05, 4.69) is 15.6 Å². The zero-order valence-corrected chi connectivity index (χ0v) is 19.3. The number of aryl methyl sites for hydroxylation is 1. The van der Waals surface area contributed by atoms with Gasteiger partial charge in [-0.15, -0.1) is 0 Å². The van der Waals surface area contributed by atoms with Gasteiger partial charge in [-0.25, -0.2) is 9.18 Å². The number of hydrogen-bond donors (Lipinski definition) is 2. The van der Waals surface area contributed by atoms with Gasteiger partial charge in [0.25, 0.3) is 0 Å². The minimum absolute atomic E-state index is 0.105. The van der Waals surface area contributed by atoms with E-state index in [1.54, 1.807) is 30.0 Å². The van der Waals surface area contributed by atoms with Crippen molar-refractivity contribution in [2.24, 2.45) is 4.99 Å². The summed E-state index contributed by atoms with van der Waals surface area (Å²) in [6.45, 7) is 5.56. The van der Waals surface area contributed by atoms with Gasteiger partial charge in [-0.2, -0.15) is 0 Å². The van der Waals surface area contributed by atoms with Crippen molar-refractivity contribution < 1.29 is 18.7 Å². The Hall–Kier alpha value is -3.62.